The number of aryl methyl sites for hydroxylation is 1. The number of hydrogen-bond donors (Lipinski definition) is 0. The lowest BCUT2D eigenvalue weighted by molar-refractivity contribution is -0.140. The molecule has 0 aromatic heterocycles. The molecule has 5 heteroatoms. The van der Waals surface area contributed by atoms with Gasteiger partial charge in [0.15, 0.2) is 0 Å². The van der Waals surface area contributed by atoms with Crippen LogP contribution in [-0.4, -0.2) is 37.9 Å². The van der Waals surface area contributed by atoms with Gasteiger partial charge in [-0.05, 0) is 24.5 Å². The van der Waals surface area contributed by atoms with Gasteiger partial charge in [-0.1, -0.05) is 18.2 Å². The van der Waals surface area contributed by atoms with Crippen LogP contribution in [0, 0.1) is 0 Å². The van der Waals surface area contributed by atoms with E-state index in [1.165, 1.54) is 12.7 Å². The fourth-order valence-corrected chi connectivity index (χ4v) is 2.52. The van der Waals surface area contributed by atoms with Gasteiger partial charge in [0.2, 0.25) is 0 Å². The van der Waals surface area contributed by atoms with Crippen molar-refractivity contribution in [3.63, 3.8) is 0 Å². The highest BCUT2D eigenvalue weighted by Gasteiger charge is 2.10. The first-order valence-corrected chi connectivity index (χ1v) is 7.81. The summed E-state index contributed by atoms with van der Waals surface area (Å²) in [7, 11) is 1.42. The van der Waals surface area contributed by atoms with Crippen molar-refractivity contribution in [1.82, 2.24) is 0 Å². The zero-order valence-corrected chi connectivity index (χ0v) is 13.3. The fraction of sp³-hybridized carbons (Fsp3) is 0.533. The van der Waals surface area contributed by atoms with Crippen LogP contribution in [0.2, 0.25) is 0 Å². The molecule has 0 radical (unpaired) electrons. The minimum Gasteiger partial charge on any atom is -0.469 e. The largest absolute Gasteiger partial charge is 0.469 e. The molecule has 0 heterocycles. The Kier molecular flexibility index (Phi) is 8.47. The average molecular weight is 318 g/mol. The molecule has 1 aromatic rings. The Hall–Kier alpha value is -0.930. The number of carbonyl (C=O) groups is 1. The van der Waals surface area contributed by atoms with E-state index in [0.717, 1.165) is 31.6 Å². The molecule has 0 amide bonds. The molecule has 0 aliphatic rings. The molecule has 1 aromatic carbocycles. The fourth-order valence-electron chi connectivity index (χ4n) is 2.11. The summed E-state index contributed by atoms with van der Waals surface area (Å²) in [5, 5.41) is 0. The van der Waals surface area contributed by atoms with E-state index in [1.807, 2.05) is 12.1 Å². The molecule has 0 aliphatic carbocycles. The van der Waals surface area contributed by atoms with Crippen molar-refractivity contribution < 1.29 is 9.53 Å². The number of ether oxygens (including phenoxy) is 1. The number of benzene rings is 1. The van der Waals surface area contributed by atoms with Gasteiger partial charge in [-0.25, -0.2) is 0 Å². The smallest absolute Gasteiger partial charge is 0.305 e. The molecule has 0 saturated heterocycles. The summed E-state index contributed by atoms with van der Waals surface area (Å²) in [6.07, 6.45) is 2.06. The van der Waals surface area contributed by atoms with Crippen LogP contribution in [0.1, 0.15) is 18.4 Å². The molecule has 0 fully saturated rings. The number of esters is 1. The maximum absolute atomic E-state index is 11.2. The third-order valence-corrected chi connectivity index (χ3v) is 3.43. The van der Waals surface area contributed by atoms with E-state index in [-0.39, 0.29) is 5.97 Å². The van der Waals surface area contributed by atoms with Crippen LogP contribution in [0.15, 0.2) is 24.3 Å². The van der Waals surface area contributed by atoms with Crippen molar-refractivity contribution in [1.29, 1.82) is 0 Å². The number of para-hydroxylation sites is 1. The van der Waals surface area contributed by atoms with Gasteiger partial charge in [-0.2, -0.15) is 0 Å². The lowest BCUT2D eigenvalue weighted by Crippen LogP contribution is -2.28. The van der Waals surface area contributed by atoms with Gasteiger partial charge >= 0.3 is 5.97 Å². The topological polar surface area (TPSA) is 29.5 Å². The number of rotatable bonds is 9. The molecule has 112 valence electrons. The van der Waals surface area contributed by atoms with Crippen LogP contribution in [0.4, 0.5) is 5.69 Å². The normalized spacial score (nSPS) is 10.3. The number of nitrogens with zero attached hydrogens (tertiary/aromatic N) is 1. The third kappa shape index (κ3) is 5.59. The predicted molar refractivity (Wildman–Crippen MR) is 85.0 cm³/mol. The molecule has 20 heavy (non-hydrogen) atoms. The first-order chi connectivity index (χ1) is 9.72. The van der Waals surface area contributed by atoms with Gasteiger partial charge in [0.1, 0.15) is 0 Å². The highest BCUT2D eigenvalue weighted by molar-refractivity contribution is 6.18. The van der Waals surface area contributed by atoms with E-state index in [2.05, 4.69) is 21.8 Å². The molecular weight excluding hydrogens is 297 g/mol. The quantitative estimate of drug-likeness (QED) is 0.516. The number of methoxy groups -OCH3 is 1. The van der Waals surface area contributed by atoms with Crippen LogP contribution in [-0.2, 0) is 16.0 Å². The van der Waals surface area contributed by atoms with Gasteiger partial charge in [0.05, 0.1) is 7.11 Å². The van der Waals surface area contributed by atoms with E-state index in [0.29, 0.717) is 18.2 Å². The van der Waals surface area contributed by atoms with Crippen LogP contribution in [0.5, 0.6) is 0 Å². The van der Waals surface area contributed by atoms with Crippen molar-refractivity contribution in [3.05, 3.63) is 29.8 Å². The summed E-state index contributed by atoms with van der Waals surface area (Å²) in [5.74, 6) is 0.960. The molecule has 0 aliphatic heterocycles. The van der Waals surface area contributed by atoms with Gasteiger partial charge in [0, 0.05) is 37.0 Å². The van der Waals surface area contributed by atoms with E-state index < -0.39 is 0 Å². The van der Waals surface area contributed by atoms with Crippen molar-refractivity contribution in [2.24, 2.45) is 0 Å². The summed E-state index contributed by atoms with van der Waals surface area (Å²) in [5.41, 5.74) is 2.37. The Morgan fingerprint density at radius 2 is 1.85 bits per heavy atom. The molecule has 0 bridgehead atoms. The standard InChI is InChI=1S/C15H21Cl2NO2/c1-20-15(19)8-4-6-13-5-2-3-7-14(13)18(11-9-16)12-10-17/h2-3,5,7H,4,6,8-12H2,1H3. The minimum absolute atomic E-state index is 0.166. The third-order valence-electron chi connectivity index (χ3n) is 3.10. The maximum Gasteiger partial charge on any atom is 0.305 e. The summed E-state index contributed by atoms with van der Waals surface area (Å²) in [4.78, 5) is 13.3. The van der Waals surface area contributed by atoms with Crippen molar-refractivity contribution in [3.8, 4) is 0 Å². The second kappa shape index (κ2) is 9.89. The van der Waals surface area contributed by atoms with Gasteiger partial charge in [-0.15, -0.1) is 23.2 Å². The minimum atomic E-state index is -0.166. The Bertz CT molecular complexity index is 407. The second-order valence-electron chi connectivity index (χ2n) is 4.42. The van der Waals surface area contributed by atoms with Crippen molar-refractivity contribution >= 4 is 34.9 Å². The Balaban J connectivity index is 2.72. The monoisotopic (exact) mass is 317 g/mol. The van der Waals surface area contributed by atoms with E-state index in [9.17, 15) is 4.79 Å². The molecule has 3 nitrogen and oxygen atoms in total. The number of halogens is 2. The summed E-state index contributed by atoms with van der Waals surface area (Å²) < 4.78 is 4.66. The number of alkyl halides is 2. The first kappa shape index (κ1) is 17.1. The predicted octanol–water partition coefficient (Wildman–Crippen LogP) is 3.47. The lowest BCUT2D eigenvalue weighted by atomic mass is 10.1. The van der Waals surface area contributed by atoms with E-state index in [1.54, 1.807) is 0 Å². The number of anilines is 1. The number of hydrogen-bond acceptors (Lipinski definition) is 3. The maximum atomic E-state index is 11.2. The SMILES string of the molecule is COC(=O)CCCc1ccccc1N(CCCl)CCCl. The molecule has 0 atom stereocenters. The molecule has 0 saturated carbocycles. The molecule has 0 unspecified atom stereocenters. The van der Waals surface area contributed by atoms with E-state index >= 15 is 0 Å². The van der Waals surface area contributed by atoms with E-state index in [4.69, 9.17) is 23.2 Å². The lowest BCUT2D eigenvalue weighted by Gasteiger charge is -2.25. The van der Waals surface area contributed by atoms with Gasteiger partial charge < -0.3 is 9.64 Å². The van der Waals surface area contributed by atoms with Crippen LogP contribution in [0.3, 0.4) is 0 Å². The summed E-state index contributed by atoms with van der Waals surface area (Å²) >= 11 is 11.7. The van der Waals surface area contributed by atoms with Crippen LogP contribution < -0.4 is 4.90 Å². The Morgan fingerprint density at radius 1 is 1.20 bits per heavy atom. The zero-order chi connectivity index (χ0) is 14.8. The van der Waals surface area contributed by atoms with Crippen LogP contribution in [0.25, 0.3) is 0 Å². The highest BCUT2D eigenvalue weighted by Crippen LogP contribution is 2.22. The molecule has 1 rings (SSSR count). The van der Waals surface area contributed by atoms with Crippen molar-refractivity contribution in [2.75, 3.05) is 36.9 Å². The second-order valence-corrected chi connectivity index (χ2v) is 5.18. The Morgan fingerprint density at radius 3 is 2.45 bits per heavy atom. The van der Waals surface area contributed by atoms with Crippen LogP contribution >= 0.6 is 23.2 Å². The van der Waals surface area contributed by atoms with Crippen molar-refractivity contribution in [2.45, 2.75) is 19.3 Å². The number of carbonyl (C=O) groups excluding carboxylic acids is 1. The van der Waals surface area contributed by atoms with Gasteiger partial charge in [0.25, 0.3) is 0 Å². The molecule has 0 spiro atoms. The summed E-state index contributed by atoms with van der Waals surface area (Å²) in [6.45, 7) is 1.53. The Labute approximate surface area is 130 Å². The first-order valence-electron chi connectivity index (χ1n) is 6.74. The zero-order valence-electron chi connectivity index (χ0n) is 11.8. The highest BCUT2D eigenvalue weighted by atomic mass is 35.5. The molecular formula is C15H21Cl2NO2. The van der Waals surface area contributed by atoms with Gasteiger partial charge in [-0.3, -0.25) is 4.79 Å². The molecule has 0 N–H and O–H groups in total. The summed E-state index contributed by atoms with van der Waals surface area (Å²) in [6, 6.07) is 8.18. The average Bonchev–Trinajstić information content (AvgIpc) is 2.47.